The molecule has 0 saturated heterocycles. The molecule has 26 heavy (non-hydrogen) atoms. The Bertz CT molecular complexity index is 970. The van der Waals surface area contributed by atoms with Gasteiger partial charge in [0.1, 0.15) is 5.82 Å². The molecule has 0 aromatic heterocycles. The monoisotopic (exact) mass is 434 g/mol. The molecule has 0 radical (unpaired) electrons. The SMILES string of the molecule is O=[N+]([O-])c1cc(Br)cc(SNc2ccc(-c3ccccc3)cc2F)c1O. The summed E-state index contributed by atoms with van der Waals surface area (Å²) in [4.78, 5) is 10.5. The maximum Gasteiger partial charge on any atom is 0.313 e. The summed E-state index contributed by atoms with van der Waals surface area (Å²) in [6.45, 7) is 0. The number of anilines is 1. The van der Waals surface area contributed by atoms with Crippen LogP contribution in [0, 0.1) is 15.9 Å². The highest BCUT2D eigenvalue weighted by Gasteiger charge is 2.19. The van der Waals surface area contributed by atoms with Crippen LogP contribution in [0.25, 0.3) is 11.1 Å². The van der Waals surface area contributed by atoms with Gasteiger partial charge in [0.05, 0.1) is 15.5 Å². The molecule has 0 heterocycles. The first kappa shape index (κ1) is 18.2. The fourth-order valence-electron chi connectivity index (χ4n) is 2.30. The van der Waals surface area contributed by atoms with Gasteiger partial charge in [-0.25, -0.2) is 4.39 Å². The number of hydrogen-bond donors (Lipinski definition) is 2. The van der Waals surface area contributed by atoms with E-state index in [9.17, 15) is 19.6 Å². The van der Waals surface area contributed by atoms with Crippen molar-refractivity contribution in [1.29, 1.82) is 0 Å². The number of nitrogens with one attached hydrogen (secondary N) is 1. The minimum absolute atomic E-state index is 0.205. The van der Waals surface area contributed by atoms with Crippen LogP contribution < -0.4 is 4.72 Å². The first-order valence-electron chi connectivity index (χ1n) is 7.40. The number of nitro benzene ring substituents is 1. The van der Waals surface area contributed by atoms with Crippen LogP contribution in [0.1, 0.15) is 0 Å². The van der Waals surface area contributed by atoms with E-state index in [-0.39, 0.29) is 10.6 Å². The Hall–Kier alpha value is -2.58. The molecule has 0 aliphatic heterocycles. The van der Waals surface area contributed by atoms with Gasteiger partial charge in [-0.3, -0.25) is 10.1 Å². The van der Waals surface area contributed by atoms with Gasteiger partial charge >= 0.3 is 5.69 Å². The largest absolute Gasteiger partial charge is 0.501 e. The number of rotatable bonds is 5. The summed E-state index contributed by atoms with van der Waals surface area (Å²) >= 11 is 4.05. The first-order chi connectivity index (χ1) is 12.5. The molecule has 0 fully saturated rings. The lowest BCUT2D eigenvalue weighted by Gasteiger charge is -2.10. The second-order valence-corrected chi connectivity index (χ2v) is 7.06. The maximum atomic E-state index is 14.4. The summed E-state index contributed by atoms with van der Waals surface area (Å²) in [7, 11) is 0. The van der Waals surface area contributed by atoms with Crippen LogP contribution in [0.4, 0.5) is 15.8 Å². The molecule has 0 bridgehead atoms. The molecular weight excluding hydrogens is 423 g/mol. The van der Waals surface area contributed by atoms with Gasteiger partial charge in [-0.2, -0.15) is 0 Å². The zero-order valence-corrected chi connectivity index (χ0v) is 15.6. The quantitative estimate of drug-likeness (QED) is 0.293. The Kier molecular flexibility index (Phi) is 5.43. The first-order valence-corrected chi connectivity index (χ1v) is 9.01. The third kappa shape index (κ3) is 3.97. The highest BCUT2D eigenvalue weighted by molar-refractivity contribution is 9.10. The molecule has 0 spiro atoms. The fraction of sp³-hybridized carbons (Fsp3) is 0. The van der Waals surface area contributed by atoms with Crippen molar-refractivity contribution in [3.05, 3.63) is 81.1 Å². The van der Waals surface area contributed by atoms with Gasteiger partial charge in [-0.15, -0.1) is 0 Å². The maximum absolute atomic E-state index is 14.4. The van der Waals surface area contributed by atoms with Crippen LogP contribution in [0.15, 0.2) is 70.0 Å². The van der Waals surface area contributed by atoms with E-state index in [4.69, 9.17) is 0 Å². The van der Waals surface area contributed by atoms with E-state index in [1.54, 1.807) is 12.1 Å². The molecule has 0 unspecified atom stereocenters. The average Bonchev–Trinajstić information content (AvgIpc) is 2.63. The number of halogens is 2. The van der Waals surface area contributed by atoms with E-state index in [0.29, 0.717) is 4.47 Å². The molecule has 0 aliphatic rings. The standard InChI is InChI=1S/C18H12BrFN2O3S/c19-13-9-16(22(24)25)18(23)17(10-13)26-21-15-7-6-12(8-14(15)20)11-4-2-1-3-5-11/h1-10,21,23H. The summed E-state index contributed by atoms with van der Waals surface area (Å²) in [5.41, 5.74) is 1.41. The van der Waals surface area contributed by atoms with Crippen LogP contribution in [-0.4, -0.2) is 10.0 Å². The molecule has 0 aliphatic carbocycles. The lowest BCUT2D eigenvalue weighted by Crippen LogP contribution is -1.94. The summed E-state index contributed by atoms with van der Waals surface area (Å²) in [5, 5.41) is 21.0. The van der Waals surface area contributed by atoms with Crippen molar-refractivity contribution in [1.82, 2.24) is 0 Å². The highest BCUT2D eigenvalue weighted by Crippen LogP contribution is 2.39. The molecule has 3 aromatic carbocycles. The number of nitrogens with zero attached hydrogens (tertiary/aromatic N) is 1. The number of hydrogen-bond acceptors (Lipinski definition) is 5. The van der Waals surface area contributed by atoms with E-state index in [1.165, 1.54) is 18.2 Å². The van der Waals surface area contributed by atoms with Gasteiger partial charge in [-0.1, -0.05) is 52.3 Å². The molecule has 132 valence electrons. The lowest BCUT2D eigenvalue weighted by atomic mass is 10.1. The van der Waals surface area contributed by atoms with E-state index in [2.05, 4.69) is 20.7 Å². The lowest BCUT2D eigenvalue weighted by molar-refractivity contribution is -0.386. The third-order valence-corrected chi connectivity index (χ3v) is 4.87. The molecule has 3 rings (SSSR count). The van der Waals surface area contributed by atoms with E-state index < -0.39 is 22.2 Å². The Morgan fingerprint density at radius 3 is 2.46 bits per heavy atom. The summed E-state index contributed by atoms with van der Waals surface area (Å²) < 4.78 is 17.6. The summed E-state index contributed by atoms with van der Waals surface area (Å²) in [6, 6.07) is 16.9. The minimum atomic E-state index is -0.681. The van der Waals surface area contributed by atoms with Gasteiger partial charge in [-0.05, 0) is 41.3 Å². The minimum Gasteiger partial charge on any atom is -0.501 e. The molecule has 5 nitrogen and oxygen atoms in total. The van der Waals surface area contributed by atoms with Crippen LogP contribution in [0.2, 0.25) is 0 Å². The molecule has 8 heteroatoms. The zero-order chi connectivity index (χ0) is 18.7. The van der Waals surface area contributed by atoms with E-state index in [1.807, 2.05) is 30.3 Å². The zero-order valence-electron chi connectivity index (χ0n) is 13.1. The highest BCUT2D eigenvalue weighted by atomic mass is 79.9. The van der Waals surface area contributed by atoms with Crippen molar-refractivity contribution < 1.29 is 14.4 Å². The van der Waals surface area contributed by atoms with Crippen molar-refractivity contribution >= 4 is 39.3 Å². The molecule has 2 N–H and O–H groups in total. The van der Waals surface area contributed by atoms with Gasteiger partial charge < -0.3 is 9.83 Å². The fourth-order valence-corrected chi connectivity index (χ4v) is 3.67. The Balaban J connectivity index is 1.82. The molecule has 0 atom stereocenters. The smallest absolute Gasteiger partial charge is 0.313 e. The number of nitro groups is 1. The number of benzene rings is 3. The van der Waals surface area contributed by atoms with Crippen LogP contribution in [-0.2, 0) is 0 Å². The Morgan fingerprint density at radius 2 is 1.81 bits per heavy atom. The van der Waals surface area contributed by atoms with Crippen molar-refractivity contribution in [3.63, 3.8) is 0 Å². The second kappa shape index (κ2) is 7.76. The van der Waals surface area contributed by atoms with Crippen LogP contribution in [0.5, 0.6) is 5.75 Å². The van der Waals surface area contributed by atoms with Crippen LogP contribution in [0.3, 0.4) is 0 Å². The molecule has 0 amide bonds. The molecule has 3 aromatic rings. The topological polar surface area (TPSA) is 75.4 Å². The molecule has 0 saturated carbocycles. The van der Waals surface area contributed by atoms with Crippen molar-refractivity contribution in [2.45, 2.75) is 4.90 Å². The van der Waals surface area contributed by atoms with Gasteiger partial charge in [0.25, 0.3) is 0 Å². The van der Waals surface area contributed by atoms with Crippen molar-refractivity contribution in [3.8, 4) is 16.9 Å². The van der Waals surface area contributed by atoms with Gasteiger partial charge in [0.2, 0.25) is 5.75 Å². The van der Waals surface area contributed by atoms with Crippen molar-refractivity contribution in [2.75, 3.05) is 4.72 Å². The van der Waals surface area contributed by atoms with E-state index >= 15 is 0 Å². The second-order valence-electron chi connectivity index (χ2n) is 5.29. The van der Waals surface area contributed by atoms with Crippen molar-refractivity contribution in [2.24, 2.45) is 0 Å². The normalized spacial score (nSPS) is 10.5. The predicted octanol–water partition coefficient (Wildman–Crippen LogP) is 5.99. The molecular formula is C18H12BrFN2O3S. The Labute approximate surface area is 161 Å². The number of aromatic hydroxyl groups is 1. The number of phenols is 1. The third-order valence-electron chi connectivity index (χ3n) is 3.56. The van der Waals surface area contributed by atoms with Gasteiger partial charge in [0.15, 0.2) is 0 Å². The predicted molar refractivity (Wildman–Crippen MR) is 104 cm³/mol. The number of phenolic OH excluding ortho intramolecular Hbond substituents is 1. The Morgan fingerprint density at radius 1 is 1.08 bits per heavy atom. The average molecular weight is 435 g/mol. The van der Waals surface area contributed by atoms with E-state index in [0.717, 1.165) is 23.1 Å². The van der Waals surface area contributed by atoms with Gasteiger partial charge in [0, 0.05) is 10.5 Å². The summed E-state index contributed by atoms with van der Waals surface area (Å²) in [6.07, 6.45) is 0. The van der Waals surface area contributed by atoms with Crippen LogP contribution >= 0.6 is 27.9 Å². The summed E-state index contributed by atoms with van der Waals surface area (Å²) in [5.74, 6) is -0.945.